The highest BCUT2D eigenvalue weighted by atomic mass is 16.4. The van der Waals surface area contributed by atoms with Gasteiger partial charge in [0.05, 0.1) is 6.42 Å². The summed E-state index contributed by atoms with van der Waals surface area (Å²) in [5, 5.41) is 14.2. The van der Waals surface area contributed by atoms with Crippen LogP contribution in [0.15, 0.2) is 0 Å². The van der Waals surface area contributed by atoms with E-state index in [1.165, 1.54) is 0 Å². The topological polar surface area (TPSA) is 95.5 Å². The number of rotatable bonds is 5. The maximum absolute atomic E-state index is 11.8. The van der Waals surface area contributed by atoms with Crippen LogP contribution in [0.5, 0.6) is 0 Å². The van der Waals surface area contributed by atoms with Crippen LogP contribution >= 0.6 is 0 Å². The molecule has 100 valence electrons. The van der Waals surface area contributed by atoms with Gasteiger partial charge in [0, 0.05) is 13.0 Å². The summed E-state index contributed by atoms with van der Waals surface area (Å²) < 4.78 is 0. The number of carbonyl (C=O) groups is 3. The molecule has 0 aromatic heterocycles. The molecule has 18 heavy (non-hydrogen) atoms. The molecule has 1 atom stereocenters. The van der Waals surface area contributed by atoms with E-state index in [1.54, 1.807) is 0 Å². The van der Waals surface area contributed by atoms with Gasteiger partial charge in [0.1, 0.15) is 6.04 Å². The molecule has 2 amide bonds. The minimum atomic E-state index is -0.821. The smallest absolute Gasteiger partial charge is 0.303 e. The summed E-state index contributed by atoms with van der Waals surface area (Å²) in [4.78, 5) is 33.6. The molecule has 6 nitrogen and oxygen atoms in total. The highest BCUT2D eigenvalue weighted by Crippen LogP contribution is 2.43. The number of hydrogen-bond acceptors (Lipinski definition) is 3. The fourth-order valence-corrected chi connectivity index (χ4v) is 2.62. The van der Waals surface area contributed by atoms with Crippen molar-refractivity contribution in [2.75, 3.05) is 6.54 Å². The summed E-state index contributed by atoms with van der Waals surface area (Å²) in [6, 6.07) is -0.445. The standard InChI is InChI=1S/C12H18N2O4/c15-9-3-2-8(14-9)11(18)13-7-12(4-1-5-12)6-10(16)17/h8H,1-7H2,(H,13,18)(H,14,15)(H,16,17). The summed E-state index contributed by atoms with van der Waals surface area (Å²) in [7, 11) is 0. The van der Waals surface area contributed by atoms with Crippen LogP contribution in [0.3, 0.4) is 0 Å². The normalized spacial score (nSPS) is 25.1. The van der Waals surface area contributed by atoms with Crippen molar-refractivity contribution in [3.8, 4) is 0 Å². The molecule has 2 fully saturated rings. The molecule has 1 aliphatic heterocycles. The van der Waals surface area contributed by atoms with Crippen LogP contribution in [0.2, 0.25) is 0 Å². The first-order valence-electron chi connectivity index (χ1n) is 6.30. The Balaban J connectivity index is 1.81. The zero-order chi connectivity index (χ0) is 13.2. The summed E-state index contributed by atoms with van der Waals surface area (Å²) in [6.45, 7) is 0.393. The van der Waals surface area contributed by atoms with E-state index in [0.29, 0.717) is 19.4 Å². The van der Waals surface area contributed by atoms with E-state index < -0.39 is 12.0 Å². The highest BCUT2D eigenvalue weighted by Gasteiger charge is 2.40. The van der Waals surface area contributed by atoms with Crippen molar-refractivity contribution in [3.05, 3.63) is 0 Å². The van der Waals surface area contributed by atoms with Gasteiger partial charge in [-0.3, -0.25) is 14.4 Å². The van der Waals surface area contributed by atoms with Gasteiger partial charge in [0.15, 0.2) is 0 Å². The number of carbonyl (C=O) groups excluding carboxylic acids is 2. The molecule has 3 N–H and O–H groups in total. The Bertz CT molecular complexity index is 376. The molecule has 0 aromatic carbocycles. The molecule has 1 saturated carbocycles. The summed E-state index contributed by atoms with van der Waals surface area (Å²) in [5.74, 6) is -1.12. The molecule has 1 saturated heterocycles. The lowest BCUT2D eigenvalue weighted by molar-refractivity contribution is -0.142. The lowest BCUT2D eigenvalue weighted by Crippen LogP contribution is -2.48. The third-order valence-corrected chi connectivity index (χ3v) is 3.89. The van der Waals surface area contributed by atoms with Gasteiger partial charge in [-0.05, 0) is 24.7 Å². The first kappa shape index (κ1) is 12.9. The lowest BCUT2D eigenvalue weighted by Gasteiger charge is -2.41. The highest BCUT2D eigenvalue weighted by molar-refractivity contribution is 5.90. The fourth-order valence-electron chi connectivity index (χ4n) is 2.62. The maximum Gasteiger partial charge on any atom is 0.303 e. The number of aliphatic carboxylic acids is 1. The van der Waals surface area contributed by atoms with Gasteiger partial charge in [-0.25, -0.2) is 0 Å². The van der Waals surface area contributed by atoms with Crippen molar-refractivity contribution >= 4 is 17.8 Å². The van der Waals surface area contributed by atoms with Crippen LogP contribution in [-0.4, -0.2) is 35.5 Å². The Kier molecular flexibility index (Phi) is 3.54. The summed E-state index contributed by atoms with van der Waals surface area (Å²) in [5.41, 5.74) is -0.274. The van der Waals surface area contributed by atoms with Gasteiger partial charge in [0.25, 0.3) is 0 Å². The number of amides is 2. The Labute approximate surface area is 105 Å². The predicted molar refractivity (Wildman–Crippen MR) is 62.7 cm³/mol. The van der Waals surface area contributed by atoms with Crippen LogP contribution in [0, 0.1) is 5.41 Å². The van der Waals surface area contributed by atoms with Crippen LogP contribution in [-0.2, 0) is 14.4 Å². The van der Waals surface area contributed by atoms with Gasteiger partial charge >= 0.3 is 5.97 Å². The van der Waals surface area contributed by atoms with E-state index in [4.69, 9.17) is 5.11 Å². The van der Waals surface area contributed by atoms with Gasteiger partial charge in [-0.15, -0.1) is 0 Å². The minimum absolute atomic E-state index is 0.0981. The van der Waals surface area contributed by atoms with Crippen LogP contribution in [0.4, 0.5) is 0 Å². The second-order valence-corrected chi connectivity index (χ2v) is 5.30. The van der Waals surface area contributed by atoms with Gasteiger partial charge in [-0.2, -0.15) is 0 Å². The Morgan fingerprint density at radius 2 is 2.17 bits per heavy atom. The van der Waals surface area contributed by atoms with E-state index in [2.05, 4.69) is 10.6 Å². The van der Waals surface area contributed by atoms with Crippen molar-refractivity contribution < 1.29 is 19.5 Å². The average molecular weight is 254 g/mol. The number of carboxylic acids is 1. The third kappa shape index (κ3) is 2.80. The van der Waals surface area contributed by atoms with Crippen molar-refractivity contribution in [2.45, 2.75) is 44.6 Å². The third-order valence-electron chi connectivity index (χ3n) is 3.89. The van der Waals surface area contributed by atoms with Gasteiger partial charge in [0.2, 0.25) is 11.8 Å². The molecule has 0 aromatic rings. The minimum Gasteiger partial charge on any atom is -0.481 e. The van der Waals surface area contributed by atoms with Crippen LogP contribution in [0.1, 0.15) is 38.5 Å². The number of hydrogen-bond donors (Lipinski definition) is 3. The second-order valence-electron chi connectivity index (χ2n) is 5.30. The fraction of sp³-hybridized carbons (Fsp3) is 0.750. The second kappa shape index (κ2) is 4.96. The van der Waals surface area contributed by atoms with Crippen molar-refractivity contribution in [1.82, 2.24) is 10.6 Å². The summed E-state index contributed by atoms with van der Waals surface area (Å²) >= 11 is 0. The Morgan fingerprint density at radius 1 is 1.44 bits per heavy atom. The molecule has 1 aliphatic carbocycles. The van der Waals surface area contributed by atoms with Gasteiger partial charge < -0.3 is 15.7 Å². The number of nitrogens with one attached hydrogen (secondary N) is 2. The predicted octanol–water partition coefficient (Wildman–Crippen LogP) is 0.0262. The molecule has 2 aliphatic rings. The van der Waals surface area contributed by atoms with Crippen LogP contribution < -0.4 is 10.6 Å². The van der Waals surface area contributed by atoms with Crippen molar-refractivity contribution in [2.24, 2.45) is 5.41 Å². The Morgan fingerprint density at radius 3 is 2.61 bits per heavy atom. The van der Waals surface area contributed by atoms with E-state index in [0.717, 1.165) is 19.3 Å². The monoisotopic (exact) mass is 254 g/mol. The zero-order valence-corrected chi connectivity index (χ0v) is 10.2. The Hall–Kier alpha value is -1.59. The lowest BCUT2D eigenvalue weighted by atomic mass is 9.66. The molecule has 2 rings (SSSR count). The first-order valence-corrected chi connectivity index (χ1v) is 6.30. The molecule has 0 bridgehead atoms. The first-order chi connectivity index (χ1) is 8.51. The van der Waals surface area contributed by atoms with Crippen LogP contribution in [0.25, 0.3) is 0 Å². The molecular formula is C12H18N2O4. The molecule has 1 unspecified atom stereocenters. The van der Waals surface area contributed by atoms with E-state index in [-0.39, 0.29) is 23.7 Å². The quantitative estimate of drug-likeness (QED) is 0.644. The SMILES string of the molecule is O=C(O)CC1(CNC(=O)C2CCC(=O)N2)CCC1. The molecule has 0 radical (unpaired) electrons. The summed E-state index contributed by atoms with van der Waals surface area (Å²) in [6.07, 6.45) is 3.72. The number of carboxylic acid groups (broad SMARTS) is 1. The zero-order valence-electron chi connectivity index (χ0n) is 10.2. The molecule has 0 spiro atoms. The van der Waals surface area contributed by atoms with E-state index in [1.807, 2.05) is 0 Å². The van der Waals surface area contributed by atoms with Crippen molar-refractivity contribution in [1.29, 1.82) is 0 Å². The van der Waals surface area contributed by atoms with E-state index >= 15 is 0 Å². The largest absolute Gasteiger partial charge is 0.481 e. The van der Waals surface area contributed by atoms with E-state index in [9.17, 15) is 14.4 Å². The average Bonchev–Trinajstić information content (AvgIpc) is 2.68. The molecule has 1 heterocycles. The molecule has 6 heteroatoms. The molecular weight excluding hydrogens is 236 g/mol. The van der Waals surface area contributed by atoms with Gasteiger partial charge in [-0.1, -0.05) is 6.42 Å². The maximum atomic E-state index is 11.8. The van der Waals surface area contributed by atoms with Crippen molar-refractivity contribution in [3.63, 3.8) is 0 Å².